The van der Waals surface area contributed by atoms with Gasteiger partial charge >= 0.3 is 0 Å². The van der Waals surface area contributed by atoms with E-state index < -0.39 is 0 Å². The van der Waals surface area contributed by atoms with Gasteiger partial charge in [-0.2, -0.15) is 0 Å². The van der Waals surface area contributed by atoms with Gasteiger partial charge in [0.25, 0.3) is 0 Å². The molecule has 3 aromatic rings. The second kappa shape index (κ2) is 11.3. The molecule has 0 aliphatic heterocycles. The third kappa shape index (κ3) is 6.63. The Morgan fingerprint density at radius 1 is 0.931 bits per heavy atom. The van der Waals surface area contributed by atoms with Gasteiger partial charge in [0.1, 0.15) is 12.4 Å². The fourth-order valence-electron chi connectivity index (χ4n) is 3.25. The van der Waals surface area contributed by atoms with E-state index >= 15 is 0 Å². The molecule has 1 N–H and O–H groups in total. The lowest BCUT2D eigenvalue weighted by Gasteiger charge is -2.18. The van der Waals surface area contributed by atoms with Gasteiger partial charge in [-0.1, -0.05) is 58.0 Å². The van der Waals surface area contributed by atoms with Crippen LogP contribution in [0.1, 0.15) is 51.7 Å². The monoisotopic (exact) mass is 390 g/mol. The zero-order valence-corrected chi connectivity index (χ0v) is 18.6. The van der Waals surface area contributed by atoms with E-state index in [0.717, 1.165) is 11.4 Å². The van der Waals surface area contributed by atoms with E-state index in [-0.39, 0.29) is 6.04 Å². The molecule has 0 saturated carbocycles. The van der Waals surface area contributed by atoms with Crippen molar-refractivity contribution >= 4 is 5.69 Å². The zero-order valence-electron chi connectivity index (χ0n) is 18.6. The lowest BCUT2D eigenvalue weighted by Crippen LogP contribution is -2.23. The fourth-order valence-corrected chi connectivity index (χ4v) is 3.25. The molecular weight excluding hydrogens is 356 g/mol. The summed E-state index contributed by atoms with van der Waals surface area (Å²) in [5.74, 6) is 1.39. The van der Waals surface area contributed by atoms with Gasteiger partial charge < -0.3 is 10.1 Å². The molecule has 2 aromatic carbocycles. The van der Waals surface area contributed by atoms with E-state index in [1.807, 2.05) is 26.0 Å². The summed E-state index contributed by atoms with van der Waals surface area (Å²) < 4.78 is 6.11. The van der Waals surface area contributed by atoms with Crippen LogP contribution in [0.2, 0.25) is 0 Å². The largest absolute Gasteiger partial charge is 0.491 e. The van der Waals surface area contributed by atoms with Crippen molar-refractivity contribution in [2.45, 2.75) is 53.5 Å². The number of nitrogens with zero attached hydrogens (tertiary/aromatic N) is 1. The van der Waals surface area contributed by atoms with E-state index in [0.29, 0.717) is 12.5 Å². The SMILES string of the molecule is CC.Cc1cc(OC[C@H](C)Nc2ccncc2)cc(-c2ccccc2C(C)C)c1. The number of anilines is 1. The Morgan fingerprint density at radius 2 is 1.62 bits per heavy atom. The van der Waals surface area contributed by atoms with E-state index in [4.69, 9.17) is 4.74 Å². The molecule has 0 aliphatic carbocycles. The highest BCUT2D eigenvalue weighted by atomic mass is 16.5. The Kier molecular flexibility index (Phi) is 8.72. The molecule has 3 rings (SSSR count). The Bertz CT molecular complexity index is 875. The van der Waals surface area contributed by atoms with Crippen molar-refractivity contribution in [2.75, 3.05) is 11.9 Å². The van der Waals surface area contributed by atoms with E-state index in [1.165, 1.54) is 22.3 Å². The van der Waals surface area contributed by atoms with Crippen LogP contribution in [0.25, 0.3) is 11.1 Å². The van der Waals surface area contributed by atoms with E-state index in [9.17, 15) is 0 Å². The van der Waals surface area contributed by atoms with Crippen LogP contribution >= 0.6 is 0 Å². The normalized spacial score (nSPS) is 11.4. The van der Waals surface area contributed by atoms with Gasteiger partial charge in [0.2, 0.25) is 0 Å². The summed E-state index contributed by atoms with van der Waals surface area (Å²) in [5, 5.41) is 3.43. The number of benzene rings is 2. The first-order valence-electron chi connectivity index (χ1n) is 10.5. The van der Waals surface area contributed by atoms with Crippen LogP contribution in [0.15, 0.2) is 67.0 Å². The maximum atomic E-state index is 6.11. The van der Waals surface area contributed by atoms with Gasteiger partial charge in [-0.25, -0.2) is 0 Å². The summed E-state index contributed by atoms with van der Waals surface area (Å²) in [4.78, 5) is 4.04. The molecule has 3 nitrogen and oxygen atoms in total. The average Bonchev–Trinajstić information content (AvgIpc) is 2.74. The first-order valence-corrected chi connectivity index (χ1v) is 10.5. The molecule has 0 bridgehead atoms. The average molecular weight is 391 g/mol. The molecule has 0 saturated heterocycles. The number of pyridine rings is 1. The molecular formula is C26H34N2O. The lowest BCUT2D eigenvalue weighted by atomic mass is 9.92. The maximum absolute atomic E-state index is 6.11. The van der Waals surface area contributed by atoms with E-state index in [1.54, 1.807) is 12.4 Å². The molecule has 1 atom stereocenters. The summed E-state index contributed by atoms with van der Waals surface area (Å²) in [6, 6.07) is 19.2. The summed E-state index contributed by atoms with van der Waals surface area (Å²) in [7, 11) is 0. The molecule has 0 spiro atoms. The summed E-state index contributed by atoms with van der Waals surface area (Å²) in [6.07, 6.45) is 3.57. The standard InChI is InChI=1S/C24H28N2O.C2H6/c1-17(2)23-7-5-6-8-24(23)20-13-18(3)14-22(15-20)27-16-19(4)26-21-9-11-25-12-10-21;1-2/h5-15,17,19H,16H2,1-4H3,(H,25,26);1-2H3/t19-;/m0./s1. The number of aromatic nitrogens is 1. The van der Waals surface area contributed by atoms with Crippen molar-refractivity contribution in [1.29, 1.82) is 0 Å². The smallest absolute Gasteiger partial charge is 0.120 e. The molecule has 154 valence electrons. The van der Waals surface area contributed by atoms with Crippen LogP contribution in [0.4, 0.5) is 5.69 Å². The minimum absolute atomic E-state index is 0.194. The predicted octanol–water partition coefficient (Wildman–Crippen LogP) is 7.09. The molecule has 29 heavy (non-hydrogen) atoms. The molecule has 0 radical (unpaired) electrons. The lowest BCUT2D eigenvalue weighted by molar-refractivity contribution is 0.304. The Hall–Kier alpha value is -2.81. The first kappa shape index (κ1) is 22.5. The summed E-state index contributed by atoms with van der Waals surface area (Å²) in [6.45, 7) is 13.3. The minimum atomic E-state index is 0.194. The van der Waals surface area contributed by atoms with Crippen LogP contribution in [0.5, 0.6) is 5.75 Å². The topological polar surface area (TPSA) is 34.1 Å². The number of nitrogens with one attached hydrogen (secondary N) is 1. The predicted molar refractivity (Wildman–Crippen MR) is 125 cm³/mol. The van der Waals surface area contributed by atoms with Gasteiger partial charge in [0, 0.05) is 18.1 Å². The Morgan fingerprint density at radius 3 is 2.31 bits per heavy atom. The van der Waals surface area contributed by atoms with Crippen LogP contribution in [-0.2, 0) is 0 Å². The quantitative estimate of drug-likeness (QED) is 0.468. The minimum Gasteiger partial charge on any atom is -0.491 e. The van der Waals surface area contributed by atoms with Crippen LogP contribution in [-0.4, -0.2) is 17.6 Å². The van der Waals surface area contributed by atoms with Crippen LogP contribution < -0.4 is 10.1 Å². The number of hydrogen-bond acceptors (Lipinski definition) is 3. The van der Waals surface area contributed by atoms with Crippen molar-refractivity contribution in [3.63, 3.8) is 0 Å². The van der Waals surface area contributed by atoms with Gasteiger partial charge in [-0.15, -0.1) is 0 Å². The van der Waals surface area contributed by atoms with Crippen LogP contribution in [0, 0.1) is 6.92 Å². The van der Waals surface area contributed by atoms with Crippen molar-refractivity contribution in [3.8, 4) is 16.9 Å². The zero-order chi connectivity index (χ0) is 21.2. The van der Waals surface area contributed by atoms with Gasteiger partial charge in [0.05, 0.1) is 6.04 Å². The number of hydrogen-bond donors (Lipinski definition) is 1. The molecule has 0 unspecified atom stereocenters. The van der Waals surface area contributed by atoms with Gasteiger partial charge in [-0.3, -0.25) is 4.98 Å². The fraction of sp³-hybridized carbons (Fsp3) is 0.346. The number of ether oxygens (including phenoxy) is 1. The number of aryl methyl sites for hydroxylation is 1. The van der Waals surface area contributed by atoms with Crippen molar-refractivity contribution < 1.29 is 4.74 Å². The van der Waals surface area contributed by atoms with Crippen molar-refractivity contribution in [3.05, 3.63) is 78.1 Å². The Balaban J connectivity index is 0.00000145. The summed E-state index contributed by atoms with van der Waals surface area (Å²) in [5.41, 5.74) is 6.11. The van der Waals surface area contributed by atoms with Crippen molar-refractivity contribution in [2.24, 2.45) is 0 Å². The molecule has 3 heteroatoms. The highest BCUT2D eigenvalue weighted by Crippen LogP contribution is 2.32. The van der Waals surface area contributed by atoms with Crippen molar-refractivity contribution in [1.82, 2.24) is 4.98 Å². The molecule has 0 fully saturated rings. The first-order chi connectivity index (χ1) is 14.0. The maximum Gasteiger partial charge on any atom is 0.120 e. The molecule has 1 aromatic heterocycles. The van der Waals surface area contributed by atoms with Gasteiger partial charge in [-0.05, 0) is 66.3 Å². The second-order valence-corrected chi connectivity index (χ2v) is 7.37. The Labute approximate surface area is 176 Å². The molecule has 0 aliphatic rings. The second-order valence-electron chi connectivity index (χ2n) is 7.37. The highest BCUT2D eigenvalue weighted by molar-refractivity contribution is 5.70. The third-order valence-corrected chi connectivity index (χ3v) is 4.54. The highest BCUT2D eigenvalue weighted by Gasteiger charge is 2.10. The van der Waals surface area contributed by atoms with Crippen LogP contribution in [0.3, 0.4) is 0 Å². The van der Waals surface area contributed by atoms with Gasteiger partial charge in [0.15, 0.2) is 0 Å². The summed E-state index contributed by atoms with van der Waals surface area (Å²) >= 11 is 0. The molecule has 1 heterocycles. The number of rotatable bonds is 7. The third-order valence-electron chi connectivity index (χ3n) is 4.54. The van der Waals surface area contributed by atoms with E-state index in [2.05, 4.69) is 80.5 Å². The molecule has 0 amide bonds.